The van der Waals surface area contributed by atoms with Crippen molar-refractivity contribution in [2.24, 2.45) is 17.8 Å². The average Bonchev–Trinajstić information content (AvgIpc) is 3.37. The van der Waals surface area contributed by atoms with Crippen LogP contribution < -0.4 is 5.32 Å². The van der Waals surface area contributed by atoms with Gasteiger partial charge in [-0.05, 0) is 86.4 Å². The molecule has 2 fully saturated rings. The van der Waals surface area contributed by atoms with Crippen molar-refractivity contribution in [2.45, 2.75) is 52.5 Å². The molecule has 1 saturated heterocycles. The predicted molar refractivity (Wildman–Crippen MR) is 159 cm³/mol. The summed E-state index contributed by atoms with van der Waals surface area (Å²) < 4.78 is 7.46. The zero-order valence-electron chi connectivity index (χ0n) is 23.7. The fourth-order valence-corrected chi connectivity index (χ4v) is 6.41. The first-order chi connectivity index (χ1) is 19.4. The number of aromatic nitrogens is 2. The molecule has 3 aromatic rings. The van der Waals surface area contributed by atoms with E-state index >= 15 is 0 Å². The number of aryl methyl sites for hydroxylation is 1. The zero-order valence-corrected chi connectivity index (χ0v) is 24.5. The van der Waals surface area contributed by atoms with E-state index in [-0.39, 0.29) is 17.6 Å². The lowest BCUT2D eigenvalue weighted by molar-refractivity contribution is 0.0383. The highest BCUT2D eigenvalue weighted by Crippen LogP contribution is 2.34. The van der Waals surface area contributed by atoms with Crippen molar-refractivity contribution in [1.82, 2.24) is 20.0 Å². The number of amides is 1. The van der Waals surface area contributed by atoms with Crippen LogP contribution in [0.1, 0.15) is 65.3 Å². The topological polar surface area (TPSA) is 76.5 Å². The normalized spacial score (nSPS) is 22.5. The van der Waals surface area contributed by atoms with E-state index in [4.69, 9.17) is 21.4 Å². The fourth-order valence-electron chi connectivity index (χ4n) is 6.29. The van der Waals surface area contributed by atoms with E-state index in [1.165, 1.54) is 0 Å². The molecule has 2 aromatic carbocycles. The Hall–Kier alpha value is -2.74. The van der Waals surface area contributed by atoms with Crippen LogP contribution >= 0.6 is 11.6 Å². The Morgan fingerprint density at radius 3 is 2.60 bits per heavy atom. The summed E-state index contributed by atoms with van der Waals surface area (Å²) in [6.45, 7) is 9.92. The van der Waals surface area contributed by atoms with Crippen LogP contribution in [0.3, 0.4) is 0 Å². The molecular weight excluding hydrogens is 524 g/mol. The molecule has 0 radical (unpaired) electrons. The maximum atomic E-state index is 13.2. The van der Waals surface area contributed by atoms with Gasteiger partial charge in [-0.15, -0.1) is 0 Å². The number of Topliss-reactive ketones (excluding diaryl/α,β-unsaturated/α-hetero) is 1. The van der Waals surface area contributed by atoms with Gasteiger partial charge in [-0.1, -0.05) is 24.9 Å². The van der Waals surface area contributed by atoms with Gasteiger partial charge in [0, 0.05) is 66.4 Å². The number of benzene rings is 2. The van der Waals surface area contributed by atoms with Crippen LogP contribution in [-0.4, -0.2) is 65.8 Å². The zero-order chi connectivity index (χ0) is 28.1. The summed E-state index contributed by atoms with van der Waals surface area (Å²) >= 11 is 6.02. The second-order valence-electron chi connectivity index (χ2n) is 11.6. The first kappa shape index (κ1) is 28.8. The Morgan fingerprint density at radius 2 is 1.82 bits per heavy atom. The second-order valence-corrected chi connectivity index (χ2v) is 12.0. The molecule has 1 saturated carbocycles. The molecule has 1 amide bonds. The van der Waals surface area contributed by atoms with Crippen LogP contribution in [0.2, 0.25) is 5.02 Å². The Morgan fingerprint density at radius 1 is 1.05 bits per heavy atom. The lowest BCUT2D eigenvalue weighted by atomic mass is 9.76. The van der Waals surface area contributed by atoms with Crippen molar-refractivity contribution in [2.75, 3.05) is 39.4 Å². The number of morpholine rings is 1. The van der Waals surface area contributed by atoms with E-state index in [0.717, 1.165) is 93.5 Å². The van der Waals surface area contributed by atoms with Crippen LogP contribution in [0.4, 0.5) is 0 Å². The number of hydrogen-bond donors (Lipinski definition) is 1. The molecule has 1 aromatic heterocycles. The number of ketones is 1. The summed E-state index contributed by atoms with van der Waals surface area (Å²) in [7, 11) is 0. The highest BCUT2D eigenvalue weighted by atomic mass is 35.5. The largest absolute Gasteiger partial charge is 0.379 e. The molecular formula is C32H41ClN4O3. The minimum Gasteiger partial charge on any atom is -0.379 e. The van der Waals surface area contributed by atoms with Gasteiger partial charge in [0.15, 0.2) is 5.78 Å². The van der Waals surface area contributed by atoms with Gasteiger partial charge in [-0.25, -0.2) is 0 Å². The molecule has 8 heteroatoms. The minimum absolute atomic E-state index is 0.0304. The van der Waals surface area contributed by atoms with Crippen LogP contribution in [0.5, 0.6) is 0 Å². The van der Waals surface area contributed by atoms with Gasteiger partial charge >= 0.3 is 0 Å². The Labute approximate surface area is 242 Å². The van der Waals surface area contributed by atoms with Crippen molar-refractivity contribution in [1.29, 1.82) is 0 Å². The average molecular weight is 565 g/mol. The third-order valence-corrected chi connectivity index (χ3v) is 9.08. The monoisotopic (exact) mass is 564 g/mol. The van der Waals surface area contributed by atoms with Gasteiger partial charge in [0.2, 0.25) is 0 Å². The van der Waals surface area contributed by atoms with E-state index in [2.05, 4.69) is 28.0 Å². The molecule has 214 valence electrons. The molecule has 3 atom stereocenters. The summed E-state index contributed by atoms with van der Waals surface area (Å²) in [5.74, 6) is 1.14. The van der Waals surface area contributed by atoms with Crippen molar-refractivity contribution in [3.8, 4) is 0 Å². The van der Waals surface area contributed by atoms with Crippen LogP contribution in [-0.2, 0) is 11.3 Å². The van der Waals surface area contributed by atoms with E-state index in [1.54, 1.807) is 12.1 Å². The maximum Gasteiger partial charge on any atom is 0.251 e. The molecule has 7 nitrogen and oxygen atoms in total. The third-order valence-electron chi connectivity index (χ3n) is 8.82. The van der Waals surface area contributed by atoms with Crippen molar-refractivity contribution in [3.63, 3.8) is 0 Å². The minimum atomic E-state index is -0.0304. The second kappa shape index (κ2) is 13.3. The Bertz CT molecular complexity index is 1320. The SMILES string of the molecule is Cc1c(C(=O)NCCN2CCOCC2)ccc2nn(CC3CCCC(C(=O)c4ccc(Cl)cc4)C(C)CC3)cc12. The molecule has 1 aliphatic heterocycles. The van der Waals surface area contributed by atoms with Gasteiger partial charge in [-0.2, -0.15) is 5.10 Å². The number of ether oxygens (including phenoxy) is 1. The smallest absolute Gasteiger partial charge is 0.251 e. The molecule has 2 heterocycles. The highest BCUT2D eigenvalue weighted by Gasteiger charge is 2.29. The molecule has 1 N–H and O–H groups in total. The van der Waals surface area contributed by atoms with Gasteiger partial charge < -0.3 is 10.1 Å². The number of carbonyl (C=O) groups is 2. The van der Waals surface area contributed by atoms with E-state index in [9.17, 15) is 9.59 Å². The molecule has 0 spiro atoms. The number of rotatable bonds is 8. The van der Waals surface area contributed by atoms with E-state index in [1.807, 2.05) is 31.2 Å². The molecule has 2 aliphatic rings. The predicted octanol–water partition coefficient (Wildman–Crippen LogP) is 5.78. The van der Waals surface area contributed by atoms with Gasteiger partial charge in [-0.3, -0.25) is 19.2 Å². The summed E-state index contributed by atoms with van der Waals surface area (Å²) in [4.78, 5) is 28.5. The van der Waals surface area contributed by atoms with Gasteiger partial charge in [0.25, 0.3) is 5.91 Å². The summed E-state index contributed by atoms with van der Waals surface area (Å²) in [5, 5.41) is 9.64. The molecule has 5 rings (SSSR count). The standard InChI is InChI=1S/C32H41ClN4O3/c1-22-6-7-24(4-3-5-27(22)31(38)25-8-10-26(33)11-9-25)20-37-21-29-23(2)28(12-13-30(29)35-37)32(39)34-14-15-36-16-18-40-19-17-36/h8-13,21-22,24,27H,3-7,14-20H2,1-2H3,(H,34,39). The number of fused-ring (bicyclic) bond motifs is 1. The van der Waals surface area contributed by atoms with Crippen molar-refractivity contribution in [3.05, 3.63) is 64.3 Å². The van der Waals surface area contributed by atoms with Gasteiger partial charge in [0.05, 0.1) is 18.7 Å². The van der Waals surface area contributed by atoms with Crippen molar-refractivity contribution < 1.29 is 14.3 Å². The van der Waals surface area contributed by atoms with Crippen LogP contribution in [0.15, 0.2) is 42.6 Å². The highest BCUT2D eigenvalue weighted by molar-refractivity contribution is 6.30. The number of halogens is 1. The number of hydrogen-bond acceptors (Lipinski definition) is 5. The first-order valence-electron chi connectivity index (χ1n) is 14.7. The molecule has 40 heavy (non-hydrogen) atoms. The Kier molecular flexibility index (Phi) is 9.56. The third kappa shape index (κ3) is 6.93. The fraction of sp³-hybridized carbons (Fsp3) is 0.531. The van der Waals surface area contributed by atoms with E-state index < -0.39 is 0 Å². The maximum absolute atomic E-state index is 13.2. The van der Waals surface area contributed by atoms with Crippen LogP contribution in [0, 0.1) is 24.7 Å². The first-order valence-corrected chi connectivity index (χ1v) is 15.1. The number of nitrogens with one attached hydrogen (secondary N) is 1. The summed E-state index contributed by atoms with van der Waals surface area (Å²) in [6.07, 6.45) is 7.26. The molecule has 0 bridgehead atoms. The quantitative estimate of drug-likeness (QED) is 0.351. The van der Waals surface area contributed by atoms with Crippen molar-refractivity contribution >= 4 is 34.2 Å². The Balaban J connectivity index is 1.17. The lowest BCUT2D eigenvalue weighted by Crippen LogP contribution is -2.41. The number of carbonyl (C=O) groups excluding carboxylic acids is 2. The summed E-state index contributed by atoms with van der Waals surface area (Å²) in [5.41, 5.74) is 3.38. The summed E-state index contributed by atoms with van der Waals surface area (Å²) in [6, 6.07) is 11.2. The molecule has 1 aliphatic carbocycles. The number of nitrogens with zero attached hydrogens (tertiary/aromatic N) is 3. The lowest BCUT2D eigenvalue weighted by Gasteiger charge is -2.29. The molecule has 3 unspecified atom stereocenters. The van der Waals surface area contributed by atoms with Crippen LogP contribution in [0.25, 0.3) is 10.9 Å². The van der Waals surface area contributed by atoms with Gasteiger partial charge in [0.1, 0.15) is 0 Å². The van der Waals surface area contributed by atoms with E-state index in [0.29, 0.717) is 29.0 Å².